The Morgan fingerprint density at radius 2 is 2.08 bits per heavy atom. The molecule has 0 saturated carbocycles. The van der Waals surface area contributed by atoms with E-state index >= 15 is 0 Å². The highest BCUT2D eigenvalue weighted by Crippen LogP contribution is 2.33. The van der Waals surface area contributed by atoms with E-state index in [9.17, 15) is 4.79 Å². The van der Waals surface area contributed by atoms with Gasteiger partial charge >= 0.3 is 5.97 Å². The maximum Gasteiger partial charge on any atom is 0.355 e. The highest BCUT2D eigenvalue weighted by atomic mass is 79.9. The van der Waals surface area contributed by atoms with E-state index in [1.165, 1.54) is 17.5 Å². The van der Waals surface area contributed by atoms with Crippen LogP contribution in [-0.2, 0) is 4.74 Å². The van der Waals surface area contributed by atoms with E-state index in [1.807, 2.05) is 12.1 Å². The van der Waals surface area contributed by atoms with Gasteiger partial charge in [0, 0.05) is 5.69 Å². The Morgan fingerprint density at radius 1 is 1.29 bits per heavy atom. The Kier molecular flexibility index (Phi) is 4.53. The maximum absolute atomic E-state index is 12.0. The van der Waals surface area contributed by atoms with Gasteiger partial charge in [-0.25, -0.2) is 14.8 Å². The van der Waals surface area contributed by atoms with Gasteiger partial charge in [-0.05, 0) is 60.0 Å². The number of nitrogens with one attached hydrogen (secondary N) is 2. The molecule has 2 heterocycles. The number of esters is 1. The lowest BCUT2D eigenvalue weighted by atomic mass is 10.1. The molecule has 2 aromatic heterocycles. The zero-order valence-corrected chi connectivity index (χ0v) is 15.2. The number of halogens is 1. The summed E-state index contributed by atoms with van der Waals surface area (Å²) in [6.45, 7) is 6.19. The van der Waals surface area contributed by atoms with Crippen molar-refractivity contribution in [3.63, 3.8) is 0 Å². The number of aromatic amines is 1. The molecule has 0 bridgehead atoms. The molecule has 0 amide bonds. The van der Waals surface area contributed by atoms with E-state index < -0.39 is 5.97 Å². The second kappa shape index (κ2) is 6.60. The first kappa shape index (κ1) is 16.4. The quantitative estimate of drug-likeness (QED) is 0.652. The first-order valence-electron chi connectivity index (χ1n) is 7.54. The molecular weight excluding hydrogens is 372 g/mol. The van der Waals surface area contributed by atoms with Gasteiger partial charge in [0.05, 0.1) is 16.5 Å². The standard InChI is InChI=1S/C17H17BrN4O2/c1-4-24-17(23)14-13(18)12-15(19-8-20-16(12)22-14)21-11-6-5-9(2)10(3)7-11/h5-8H,4H2,1-3H3,(H2,19,20,21,22). The van der Waals surface area contributed by atoms with Crippen molar-refractivity contribution < 1.29 is 9.53 Å². The van der Waals surface area contributed by atoms with Gasteiger partial charge in [0.25, 0.3) is 0 Å². The molecule has 0 aliphatic heterocycles. The molecule has 1 aromatic carbocycles. The Hall–Kier alpha value is -2.41. The summed E-state index contributed by atoms with van der Waals surface area (Å²) in [5, 5.41) is 3.99. The summed E-state index contributed by atoms with van der Waals surface area (Å²) in [5.41, 5.74) is 4.22. The van der Waals surface area contributed by atoms with Gasteiger partial charge in [-0.1, -0.05) is 6.07 Å². The Morgan fingerprint density at radius 3 is 2.79 bits per heavy atom. The van der Waals surface area contributed by atoms with Crippen LogP contribution in [0.25, 0.3) is 11.0 Å². The highest BCUT2D eigenvalue weighted by molar-refractivity contribution is 9.10. The Labute approximate surface area is 147 Å². The van der Waals surface area contributed by atoms with Crippen LogP contribution in [0.3, 0.4) is 0 Å². The zero-order chi connectivity index (χ0) is 17.3. The van der Waals surface area contributed by atoms with E-state index in [4.69, 9.17) is 4.74 Å². The molecule has 7 heteroatoms. The summed E-state index contributed by atoms with van der Waals surface area (Å²) in [7, 11) is 0. The molecule has 0 aliphatic rings. The average molecular weight is 389 g/mol. The summed E-state index contributed by atoms with van der Waals surface area (Å²) in [5.74, 6) is 0.182. The molecule has 0 unspecified atom stereocenters. The van der Waals surface area contributed by atoms with Gasteiger partial charge in [-0.3, -0.25) is 0 Å². The van der Waals surface area contributed by atoms with Crippen molar-refractivity contribution in [2.24, 2.45) is 0 Å². The first-order valence-corrected chi connectivity index (χ1v) is 8.34. The summed E-state index contributed by atoms with van der Waals surface area (Å²) < 4.78 is 5.64. The van der Waals surface area contributed by atoms with Crippen LogP contribution in [-0.4, -0.2) is 27.5 Å². The first-order chi connectivity index (χ1) is 11.5. The molecule has 24 heavy (non-hydrogen) atoms. The van der Waals surface area contributed by atoms with Crippen molar-refractivity contribution in [3.8, 4) is 0 Å². The largest absolute Gasteiger partial charge is 0.461 e. The molecular formula is C17H17BrN4O2. The van der Waals surface area contributed by atoms with Crippen molar-refractivity contribution in [2.45, 2.75) is 20.8 Å². The molecule has 6 nitrogen and oxygen atoms in total. The lowest BCUT2D eigenvalue weighted by Crippen LogP contribution is -2.05. The Bertz CT molecular complexity index is 920. The van der Waals surface area contributed by atoms with Gasteiger partial charge in [-0.2, -0.15) is 0 Å². The molecule has 0 radical (unpaired) electrons. The van der Waals surface area contributed by atoms with Gasteiger partial charge in [0.1, 0.15) is 23.5 Å². The third kappa shape index (κ3) is 2.99. The van der Waals surface area contributed by atoms with Crippen molar-refractivity contribution in [2.75, 3.05) is 11.9 Å². The predicted molar refractivity (Wildman–Crippen MR) is 96.7 cm³/mol. The smallest absolute Gasteiger partial charge is 0.355 e. The van der Waals surface area contributed by atoms with Gasteiger partial charge < -0.3 is 15.0 Å². The number of ether oxygens (including phenoxy) is 1. The molecule has 3 aromatic rings. The summed E-state index contributed by atoms with van der Waals surface area (Å²) in [4.78, 5) is 23.5. The molecule has 0 fully saturated rings. The van der Waals surface area contributed by atoms with Gasteiger partial charge in [-0.15, -0.1) is 0 Å². The number of fused-ring (bicyclic) bond motifs is 1. The molecule has 2 N–H and O–H groups in total. The van der Waals surface area contributed by atoms with Crippen molar-refractivity contribution >= 4 is 44.4 Å². The third-order valence-corrected chi connectivity index (χ3v) is 4.57. The number of carbonyl (C=O) groups excluding carboxylic acids is 1. The number of hydrogen-bond acceptors (Lipinski definition) is 5. The fraction of sp³-hybridized carbons (Fsp3) is 0.235. The predicted octanol–water partition coefficient (Wildman–Crippen LogP) is 4.26. The van der Waals surface area contributed by atoms with Crippen LogP contribution in [0.15, 0.2) is 29.0 Å². The van der Waals surface area contributed by atoms with Crippen LogP contribution >= 0.6 is 15.9 Å². The SMILES string of the molecule is CCOC(=O)c1[nH]c2ncnc(Nc3ccc(C)c(C)c3)c2c1Br. The molecule has 0 saturated heterocycles. The molecule has 0 spiro atoms. The summed E-state index contributed by atoms with van der Waals surface area (Å²) in [6, 6.07) is 6.09. The minimum atomic E-state index is -0.431. The number of aromatic nitrogens is 3. The monoisotopic (exact) mass is 388 g/mol. The second-order valence-electron chi connectivity index (χ2n) is 5.40. The minimum absolute atomic E-state index is 0.306. The molecule has 3 rings (SSSR count). The fourth-order valence-electron chi connectivity index (χ4n) is 2.38. The maximum atomic E-state index is 12.0. The van der Waals surface area contributed by atoms with Gasteiger partial charge in [0.15, 0.2) is 0 Å². The fourth-order valence-corrected chi connectivity index (χ4v) is 3.02. The number of hydrogen-bond donors (Lipinski definition) is 2. The van der Waals surface area contributed by atoms with Gasteiger partial charge in [0.2, 0.25) is 0 Å². The van der Waals surface area contributed by atoms with E-state index in [-0.39, 0.29) is 0 Å². The van der Waals surface area contributed by atoms with Crippen molar-refractivity contribution in [1.82, 2.24) is 15.0 Å². The molecule has 124 valence electrons. The third-order valence-electron chi connectivity index (χ3n) is 3.78. The molecule has 0 aliphatic carbocycles. The summed E-state index contributed by atoms with van der Waals surface area (Å²) >= 11 is 3.46. The van der Waals surface area contributed by atoms with Crippen LogP contribution in [0.2, 0.25) is 0 Å². The van der Waals surface area contributed by atoms with Crippen molar-refractivity contribution in [1.29, 1.82) is 0 Å². The van der Waals surface area contributed by atoms with E-state index in [1.54, 1.807) is 6.92 Å². The number of nitrogens with zero attached hydrogens (tertiary/aromatic N) is 2. The summed E-state index contributed by atoms with van der Waals surface area (Å²) in [6.07, 6.45) is 1.45. The second-order valence-corrected chi connectivity index (χ2v) is 6.20. The number of anilines is 2. The van der Waals surface area contributed by atoms with E-state index in [0.717, 1.165) is 5.69 Å². The minimum Gasteiger partial charge on any atom is -0.461 e. The highest BCUT2D eigenvalue weighted by Gasteiger charge is 2.20. The number of aryl methyl sites for hydroxylation is 2. The molecule has 0 atom stereocenters. The number of benzene rings is 1. The lowest BCUT2D eigenvalue weighted by Gasteiger charge is -2.09. The van der Waals surface area contributed by atoms with E-state index in [0.29, 0.717) is 33.6 Å². The number of rotatable bonds is 4. The van der Waals surface area contributed by atoms with E-state index in [2.05, 4.69) is 56.1 Å². The Balaban J connectivity index is 2.05. The van der Waals surface area contributed by atoms with Crippen LogP contribution in [0.5, 0.6) is 0 Å². The van der Waals surface area contributed by atoms with Crippen LogP contribution < -0.4 is 5.32 Å². The van der Waals surface area contributed by atoms with Crippen molar-refractivity contribution in [3.05, 3.63) is 45.8 Å². The van der Waals surface area contributed by atoms with Crippen LogP contribution in [0, 0.1) is 13.8 Å². The number of carbonyl (C=O) groups is 1. The average Bonchev–Trinajstić information content (AvgIpc) is 2.89. The zero-order valence-electron chi connectivity index (χ0n) is 13.6. The lowest BCUT2D eigenvalue weighted by molar-refractivity contribution is 0.0519. The number of H-pyrrole nitrogens is 1. The van der Waals surface area contributed by atoms with Crippen LogP contribution in [0.4, 0.5) is 11.5 Å². The topological polar surface area (TPSA) is 79.9 Å². The normalized spacial score (nSPS) is 10.8. The van der Waals surface area contributed by atoms with Crippen LogP contribution in [0.1, 0.15) is 28.5 Å².